The molecule has 0 radical (unpaired) electrons. The van der Waals surface area contributed by atoms with E-state index in [0.29, 0.717) is 11.6 Å². The maximum atomic E-state index is 13.2. The lowest BCUT2D eigenvalue weighted by Crippen LogP contribution is -2.13. The van der Waals surface area contributed by atoms with Crippen LogP contribution < -0.4 is 10.1 Å². The quantitative estimate of drug-likeness (QED) is 0.555. The van der Waals surface area contributed by atoms with Crippen LogP contribution in [0.5, 0.6) is 5.75 Å². The average Bonchev–Trinajstić information content (AvgIpc) is 3.26. The second kappa shape index (κ2) is 8.15. The Balaban J connectivity index is 1.71. The Morgan fingerprint density at radius 1 is 1.24 bits per heavy atom. The molecule has 154 valence electrons. The molecule has 2 heterocycles. The molecule has 0 fully saturated rings. The van der Waals surface area contributed by atoms with Crippen LogP contribution in [-0.4, -0.2) is 22.3 Å². The minimum atomic E-state index is -4.56. The van der Waals surface area contributed by atoms with E-state index in [1.807, 2.05) is 0 Å². The number of aromatic nitrogens is 2. The number of carbonyl (C=O) groups excluding carboxylic acids is 1. The molecule has 3 rings (SSSR count). The molecule has 1 N–H and O–H groups in total. The summed E-state index contributed by atoms with van der Waals surface area (Å²) in [5.41, 5.74) is -0.678. The van der Waals surface area contributed by atoms with Crippen LogP contribution in [0.4, 0.5) is 32.0 Å². The Bertz CT molecular complexity index is 1010. The molecular formula is C17H11F6N3O2S. The molecule has 0 aliphatic rings. The van der Waals surface area contributed by atoms with E-state index in [2.05, 4.69) is 15.2 Å². The minimum Gasteiger partial charge on any atom is -0.432 e. The molecule has 0 bridgehead atoms. The zero-order valence-corrected chi connectivity index (χ0v) is 15.0. The third kappa shape index (κ3) is 5.28. The Kier molecular flexibility index (Phi) is 5.82. The van der Waals surface area contributed by atoms with E-state index in [0.717, 1.165) is 40.4 Å². The summed E-state index contributed by atoms with van der Waals surface area (Å²) in [6.07, 6.45) is -3.40. The van der Waals surface area contributed by atoms with Gasteiger partial charge in [-0.05, 0) is 35.2 Å². The predicted octanol–water partition coefficient (Wildman–Crippen LogP) is 5.00. The SMILES string of the molecule is O=C(Nc1ccc(F)cc1OC(F)F)c1cc(Cn2ccc(C(F)(F)F)n2)cs1. The van der Waals surface area contributed by atoms with Crippen LogP contribution in [0.1, 0.15) is 20.9 Å². The summed E-state index contributed by atoms with van der Waals surface area (Å²) < 4.78 is 81.1. The van der Waals surface area contributed by atoms with E-state index in [-0.39, 0.29) is 17.1 Å². The molecule has 0 unspecified atom stereocenters. The molecule has 2 aromatic heterocycles. The van der Waals surface area contributed by atoms with Crippen LogP contribution in [0.2, 0.25) is 0 Å². The van der Waals surface area contributed by atoms with E-state index in [1.165, 1.54) is 6.07 Å². The van der Waals surface area contributed by atoms with Crippen molar-refractivity contribution in [2.45, 2.75) is 19.3 Å². The Morgan fingerprint density at radius 2 is 2.00 bits per heavy atom. The number of hydrogen-bond donors (Lipinski definition) is 1. The van der Waals surface area contributed by atoms with Crippen LogP contribution in [0.25, 0.3) is 0 Å². The highest BCUT2D eigenvalue weighted by molar-refractivity contribution is 7.12. The van der Waals surface area contributed by atoms with Crippen molar-refractivity contribution in [2.75, 3.05) is 5.32 Å². The number of ether oxygens (including phenoxy) is 1. The molecule has 0 spiro atoms. The molecule has 0 aliphatic carbocycles. The van der Waals surface area contributed by atoms with E-state index in [1.54, 1.807) is 5.38 Å². The van der Waals surface area contributed by atoms with E-state index in [9.17, 15) is 31.1 Å². The Labute approximate surface area is 163 Å². The fourth-order valence-corrected chi connectivity index (χ4v) is 3.14. The first kappa shape index (κ1) is 20.7. The molecule has 29 heavy (non-hydrogen) atoms. The third-order valence-corrected chi connectivity index (χ3v) is 4.54. The van der Waals surface area contributed by atoms with Crippen molar-refractivity contribution in [1.82, 2.24) is 9.78 Å². The summed E-state index contributed by atoms with van der Waals surface area (Å²) in [6.45, 7) is -3.22. The fraction of sp³-hybridized carbons (Fsp3) is 0.176. The normalized spacial score (nSPS) is 11.7. The topological polar surface area (TPSA) is 56.1 Å². The predicted molar refractivity (Wildman–Crippen MR) is 91.6 cm³/mol. The highest BCUT2D eigenvalue weighted by atomic mass is 32.1. The second-order valence-corrected chi connectivity index (χ2v) is 6.60. The summed E-state index contributed by atoms with van der Waals surface area (Å²) in [5, 5.41) is 7.30. The Morgan fingerprint density at radius 3 is 2.66 bits per heavy atom. The van der Waals surface area contributed by atoms with Gasteiger partial charge in [-0.25, -0.2) is 4.39 Å². The lowest BCUT2D eigenvalue weighted by atomic mass is 10.2. The van der Waals surface area contributed by atoms with E-state index >= 15 is 0 Å². The third-order valence-electron chi connectivity index (χ3n) is 3.56. The van der Waals surface area contributed by atoms with Crippen LogP contribution >= 0.6 is 11.3 Å². The molecule has 1 amide bonds. The highest BCUT2D eigenvalue weighted by Gasteiger charge is 2.33. The van der Waals surface area contributed by atoms with Gasteiger partial charge in [-0.1, -0.05) is 0 Å². The van der Waals surface area contributed by atoms with Gasteiger partial charge in [0.05, 0.1) is 17.1 Å². The van der Waals surface area contributed by atoms with Gasteiger partial charge in [-0.2, -0.15) is 27.1 Å². The molecule has 0 aliphatic heterocycles. The number of rotatable bonds is 6. The van der Waals surface area contributed by atoms with Crippen molar-refractivity contribution in [3.05, 3.63) is 63.9 Å². The van der Waals surface area contributed by atoms with Crippen molar-refractivity contribution in [1.29, 1.82) is 0 Å². The van der Waals surface area contributed by atoms with Gasteiger partial charge in [-0.15, -0.1) is 11.3 Å². The first-order valence-corrected chi connectivity index (χ1v) is 8.73. The number of hydrogen-bond acceptors (Lipinski definition) is 4. The van der Waals surface area contributed by atoms with Crippen molar-refractivity contribution < 1.29 is 35.9 Å². The molecular weight excluding hydrogens is 424 g/mol. The minimum absolute atomic E-state index is 0.00382. The monoisotopic (exact) mass is 435 g/mol. The molecule has 1 aromatic carbocycles. The van der Waals surface area contributed by atoms with Crippen LogP contribution in [0.3, 0.4) is 0 Å². The largest absolute Gasteiger partial charge is 0.435 e. The molecule has 0 saturated carbocycles. The summed E-state index contributed by atoms with van der Waals surface area (Å²) >= 11 is 0.993. The van der Waals surface area contributed by atoms with Gasteiger partial charge in [-0.3, -0.25) is 9.48 Å². The van der Waals surface area contributed by atoms with Crippen molar-refractivity contribution in [2.24, 2.45) is 0 Å². The standard InChI is InChI=1S/C17H11F6N3O2S/c18-10-1-2-11(12(6-10)28-16(19)20)24-15(27)13-5-9(8-29-13)7-26-4-3-14(25-26)17(21,22)23/h1-6,8,16H,7H2,(H,24,27). The van der Waals surface area contributed by atoms with Gasteiger partial charge < -0.3 is 10.1 Å². The van der Waals surface area contributed by atoms with Gasteiger partial charge in [0.2, 0.25) is 0 Å². The van der Waals surface area contributed by atoms with Gasteiger partial charge in [0.1, 0.15) is 5.82 Å². The number of carbonyl (C=O) groups is 1. The number of nitrogens with one attached hydrogen (secondary N) is 1. The molecule has 12 heteroatoms. The number of benzene rings is 1. The number of alkyl halides is 5. The highest BCUT2D eigenvalue weighted by Crippen LogP contribution is 2.29. The maximum absolute atomic E-state index is 13.2. The van der Waals surface area contributed by atoms with Crippen LogP contribution in [-0.2, 0) is 12.7 Å². The maximum Gasteiger partial charge on any atom is 0.435 e. The number of amides is 1. The van der Waals surface area contributed by atoms with Crippen molar-refractivity contribution >= 4 is 22.9 Å². The van der Waals surface area contributed by atoms with Crippen molar-refractivity contribution in [3.8, 4) is 5.75 Å². The number of halogens is 6. The average molecular weight is 435 g/mol. The van der Waals surface area contributed by atoms with Gasteiger partial charge in [0.15, 0.2) is 11.4 Å². The molecule has 0 saturated heterocycles. The summed E-state index contributed by atoms with van der Waals surface area (Å²) in [4.78, 5) is 12.5. The van der Waals surface area contributed by atoms with Gasteiger partial charge in [0, 0.05) is 12.3 Å². The molecule has 0 atom stereocenters. The summed E-state index contributed by atoms with van der Waals surface area (Å²) in [5.74, 6) is -2.04. The van der Waals surface area contributed by atoms with Gasteiger partial charge in [0.25, 0.3) is 5.91 Å². The number of thiophene rings is 1. The lowest BCUT2D eigenvalue weighted by molar-refractivity contribution is -0.141. The zero-order chi connectivity index (χ0) is 21.2. The summed E-state index contributed by atoms with van der Waals surface area (Å²) in [7, 11) is 0. The van der Waals surface area contributed by atoms with Gasteiger partial charge >= 0.3 is 12.8 Å². The first-order valence-electron chi connectivity index (χ1n) is 7.85. The lowest BCUT2D eigenvalue weighted by Gasteiger charge is -2.11. The zero-order valence-electron chi connectivity index (χ0n) is 14.2. The number of anilines is 1. The van der Waals surface area contributed by atoms with E-state index < -0.39 is 36.0 Å². The van der Waals surface area contributed by atoms with E-state index in [4.69, 9.17) is 0 Å². The second-order valence-electron chi connectivity index (χ2n) is 5.69. The molecule has 3 aromatic rings. The smallest absolute Gasteiger partial charge is 0.432 e. The van der Waals surface area contributed by atoms with Crippen molar-refractivity contribution in [3.63, 3.8) is 0 Å². The van der Waals surface area contributed by atoms with Crippen LogP contribution in [0.15, 0.2) is 41.9 Å². The first-order chi connectivity index (χ1) is 13.6. The number of nitrogens with zero attached hydrogens (tertiary/aromatic N) is 2. The Hall–Kier alpha value is -3.02. The summed E-state index contributed by atoms with van der Waals surface area (Å²) in [6, 6.07) is 4.99. The van der Waals surface area contributed by atoms with Crippen LogP contribution in [0, 0.1) is 5.82 Å². The fourth-order valence-electron chi connectivity index (χ4n) is 2.34. The molecule has 5 nitrogen and oxygen atoms in total.